The van der Waals surface area contributed by atoms with Gasteiger partial charge in [-0.2, -0.15) is 16.4 Å². The molecule has 0 spiro atoms. The van der Waals surface area contributed by atoms with E-state index in [4.69, 9.17) is 0 Å². The average Bonchev–Trinajstić information content (AvgIpc) is 3.16. The highest BCUT2D eigenvalue weighted by atomic mass is 32.1. The molecule has 0 unspecified atom stereocenters. The van der Waals surface area contributed by atoms with Gasteiger partial charge in [0.25, 0.3) is 0 Å². The van der Waals surface area contributed by atoms with Crippen molar-refractivity contribution in [2.24, 2.45) is 0 Å². The minimum Gasteiger partial charge on any atom is -0.310 e. The second kappa shape index (κ2) is 5.10. The van der Waals surface area contributed by atoms with Gasteiger partial charge >= 0.3 is 0 Å². The number of benzene rings is 1. The second-order valence-electron chi connectivity index (χ2n) is 5.46. The van der Waals surface area contributed by atoms with Crippen LogP contribution >= 0.6 is 11.3 Å². The van der Waals surface area contributed by atoms with E-state index in [1.807, 2.05) is 41.9 Å². The zero-order valence-corrected chi connectivity index (χ0v) is 12.9. The van der Waals surface area contributed by atoms with Gasteiger partial charge in [0.05, 0.1) is 11.4 Å². The Hall–Kier alpha value is -2.40. The third-order valence-corrected chi connectivity index (χ3v) is 4.75. The number of hydrogen-bond acceptors (Lipinski definition) is 3. The molecule has 3 heterocycles. The van der Waals surface area contributed by atoms with Crippen LogP contribution in [0, 0.1) is 6.92 Å². The number of carbonyl (C=O) groups excluding carboxylic acids is 1. The van der Waals surface area contributed by atoms with Crippen LogP contribution in [0.15, 0.2) is 47.2 Å². The van der Waals surface area contributed by atoms with Gasteiger partial charge < -0.3 is 5.32 Å². The maximum absolute atomic E-state index is 12.2. The van der Waals surface area contributed by atoms with E-state index in [0.29, 0.717) is 6.42 Å². The first-order chi connectivity index (χ1) is 10.7. The third kappa shape index (κ3) is 2.05. The molecule has 0 aliphatic carbocycles. The van der Waals surface area contributed by atoms with Crippen LogP contribution in [0.5, 0.6) is 0 Å². The van der Waals surface area contributed by atoms with Gasteiger partial charge in [0, 0.05) is 17.9 Å². The molecule has 1 aliphatic rings. The van der Waals surface area contributed by atoms with E-state index in [0.717, 1.165) is 22.8 Å². The summed E-state index contributed by atoms with van der Waals surface area (Å²) in [4.78, 5) is 12.2. The van der Waals surface area contributed by atoms with E-state index >= 15 is 0 Å². The second-order valence-corrected chi connectivity index (χ2v) is 6.24. The van der Waals surface area contributed by atoms with Gasteiger partial charge in [0.1, 0.15) is 5.82 Å². The molecule has 1 aliphatic heterocycles. The molecule has 1 aromatic carbocycles. The van der Waals surface area contributed by atoms with Crippen LogP contribution in [0.3, 0.4) is 0 Å². The Morgan fingerprint density at radius 1 is 1.27 bits per heavy atom. The highest BCUT2D eigenvalue weighted by molar-refractivity contribution is 7.08. The SMILES string of the molecule is Cc1nn(-c2ccccc2)c2c1[C@@H](c1ccsc1)CC(=O)N2. The van der Waals surface area contributed by atoms with Gasteiger partial charge in [-0.3, -0.25) is 4.79 Å². The largest absolute Gasteiger partial charge is 0.310 e. The fourth-order valence-electron chi connectivity index (χ4n) is 3.06. The first kappa shape index (κ1) is 13.3. The number of thiophene rings is 1. The standard InChI is InChI=1S/C17H15N3OS/c1-11-16-14(12-7-8-22-10-12)9-15(21)18-17(16)20(19-11)13-5-3-2-4-6-13/h2-8,10,14H,9H2,1H3,(H,18,21)/t14-/m1/s1. The van der Waals surface area contributed by atoms with Crippen molar-refractivity contribution >= 4 is 23.1 Å². The smallest absolute Gasteiger partial charge is 0.226 e. The molecule has 0 radical (unpaired) electrons. The maximum Gasteiger partial charge on any atom is 0.226 e. The van der Waals surface area contributed by atoms with Crippen LogP contribution in [0.25, 0.3) is 5.69 Å². The molecule has 3 aromatic rings. The number of nitrogens with zero attached hydrogens (tertiary/aromatic N) is 2. The lowest BCUT2D eigenvalue weighted by atomic mass is 9.87. The van der Waals surface area contributed by atoms with E-state index < -0.39 is 0 Å². The zero-order chi connectivity index (χ0) is 15.1. The number of hydrogen-bond donors (Lipinski definition) is 1. The van der Waals surface area contributed by atoms with Gasteiger partial charge in [0.2, 0.25) is 5.91 Å². The molecular formula is C17H15N3OS. The molecule has 2 aromatic heterocycles. The van der Waals surface area contributed by atoms with Crippen molar-refractivity contribution in [3.63, 3.8) is 0 Å². The van der Waals surface area contributed by atoms with Crippen molar-refractivity contribution in [2.75, 3.05) is 5.32 Å². The quantitative estimate of drug-likeness (QED) is 0.784. The molecule has 110 valence electrons. The topological polar surface area (TPSA) is 46.9 Å². The first-order valence-corrected chi connectivity index (χ1v) is 8.15. The summed E-state index contributed by atoms with van der Waals surface area (Å²) in [5.74, 6) is 0.935. The minimum atomic E-state index is 0.0424. The van der Waals surface area contributed by atoms with E-state index in [1.165, 1.54) is 5.56 Å². The van der Waals surface area contributed by atoms with Crippen LogP contribution in [0.1, 0.15) is 29.2 Å². The monoisotopic (exact) mass is 309 g/mol. The summed E-state index contributed by atoms with van der Waals surface area (Å²) in [6.07, 6.45) is 0.477. The number of anilines is 1. The Morgan fingerprint density at radius 2 is 2.09 bits per heavy atom. The number of rotatable bonds is 2. The van der Waals surface area contributed by atoms with Crippen molar-refractivity contribution in [3.05, 3.63) is 64.0 Å². The number of nitrogens with one attached hydrogen (secondary N) is 1. The molecule has 1 atom stereocenters. The fraction of sp³-hybridized carbons (Fsp3) is 0.176. The van der Waals surface area contributed by atoms with Crippen molar-refractivity contribution in [3.8, 4) is 5.69 Å². The molecule has 5 heteroatoms. The van der Waals surface area contributed by atoms with Gasteiger partial charge in [0.15, 0.2) is 0 Å². The highest BCUT2D eigenvalue weighted by Crippen LogP contribution is 2.40. The van der Waals surface area contributed by atoms with Crippen LogP contribution in [-0.4, -0.2) is 15.7 Å². The Kier molecular flexibility index (Phi) is 3.08. The Balaban J connectivity index is 1.90. The predicted molar refractivity (Wildman–Crippen MR) is 87.7 cm³/mol. The molecule has 1 amide bonds. The van der Waals surface area contributed by atoms with Gasteiger partial charge in [-0.05, 0) is 41.4 Å². The summed E-state index contributed by atoms with van der Waals surface area (Å²) in [5.41, 5.74) is 4.24. The molecule has 0 saturated heterocycles. The number of amides is 1. The number of aryl methyl sites for hydroxylation is 1. The Labute approximate surface area is 132 Å². The Bertz CT molecular complexity index is 821. The van der Waals surface area contributed by atoms with Crippen molar-refractivity contribution in [1.82, 2.24) is 9.78 Å². The molecular weight excluding hydrogens is 294 g/mol. The van der Waals surface area contributed by atoms with Crippen LogP contribution < -0.4 is 5.32 Å². The summed E-state index contributed by atoms with van der Waals surface area (Å²) in [5, 5.41) is 11.8. The highest BCUT2D eigenvalue weighted by Gasteiger charge is 2.32. The van der Waals surface area contributed by atoms with Gasteiger partial charge in [-0.1, -0.05) is 18.2 Å². The molecule has 22 heavy (non-hydrogen) atoms. The third-order valence-electron chi connectivity index (χ3n) is 4.05. The summed E-state index contributed by atoms with van der Waals surface area (Å²) < 4.78 is 1.83. The van der Waals surface area contributed by atoms with Crippen molar-refractivity contribution in [1.29, 1.82) is 0 Å². The first-order valence-electron chi connectivity index (χ1n) is 7.21. The van der Waals surface area contributed by atoms with E-state index in [2.05, 4.69) is 27.2 Å². The Morgan fingerprint density at radius 3 is 2.82 bits per heavy atom. The summed E-state index contributed by atoms with van der Waals surface area (Å²) in [7, 11) is 0. The molecule has 0 bridgehead atoms. The van der Waals surface area contributed by atoms with Gasteiger partial charge in [-0.15, -0.1) is 0 Å². The normalized spacial score (nSPS) is 17.1. The van der Waals surface area contributed by atoms with E-state index in [9.17, 15) is 4.79 Å². The van der Waals surface area contributed by atoms with Crippen LogP contribution in [-0.2, 0) is 4.79 Å². The lowest BCUT2D eigenvalue weighted by Gasteiger charge is -2.23. The summed E-state index contributed by atoms with van der Waals surface area (Å²) in [6.45, 7) is 2.01. The lowest BCUT2D eigenvalue weighted by Crippen LogP contribution is -2.24. The molecule has 1 N–H and O–H groups in total. The molecule has 4 nitrogen and oxygen atoms in total. The number of carbonyl (C=O) groups is 1. The van der Waals surface area contributed by atoms with Crippen LogP contribution in [0.2, 0.25) is 0 Å². The molecule has 0 fully saturated rings. The average molecular weight is 309 g/mol. The fourth-order valence-corrected chi connectivity index (χ4v) is 3.78. The van der Waals surface area contributed by atoms with Crippen molar-refractivity contribution < 1.29 is 4.79 Å². The number of para-hydroxylation sites is 1. The molecule has 0 saturated carbocycles. The maximum atomic E-state index is 12.2. The van der Waals surface area contributed by atoms with Gasteiger partial charge in [-0.25, -0.2) is 4.68 Å². The van der Waals surface area contributed by atoms with E-state index in [-0.39, 0.29) is 11.8 Å². The van der Waals surface area contributed by atoms with Crippen molar-refractivity contribution in [2.45, 2.75) is 19.3 Å². The van der Waals surface area contributed by atoms with Crippen LogP contribution in [0.4, 0.5) is 5.82 Å². The summed E-state index contributed by atoms with van der Waals surface area (Å²) >= 11 is 1.66. The minimum absolute atomic E-state index is 0.0424. The summed E-state index contributed by atoms with van der Waals surface area (Å²) in [6, 6.07) is 12.0. The predicted octanol–water partition coefficient (Wildman–Crippen LogP) is 3.72. The zero-order valence-electron chi connectivity index (χ0n) is 12.1. The number of aromatic nitrogens is 2. The lowest BCUT2D eigenvalue weighted by molar-refractivity contribution is -0.116. The van der Waals surface area contributed by atoms with E-state index in [1.54, 1.807) is 11.3 Å². The molecule has 4 rings (SSSR count). The number of fused-ring (bicyclic) bond motifs is 1.